The third kappa shape index (κ3) is 4.14. The predicted octanol–water partition coefficient (Wildman–Crippen LogP) is 4.43. The third-order valence-corrected chi connectivity index (χ3v) is 4.46. The number of anilines is 2. The Hall–Kier alpha value is -2.59. The molecule has 0 saturated heterocycles. The number of rotatable bonds is 4. The maximum atomic E-state index is 12.6. The zero-order chi connectivity index (χ0) is 18.9. The monoisotopic (exact) mass is 403 g/mol. The molecule has 2 heterocycles. The minimum atomic E-state index is -4.41. The Morgan fingerprint density at radius 3 is 2.23 bits per heavy atom. The molecule has 0 saturated carbocycles. The van der Waals surface area contributed by atoms with E-state index < -0.39 is 20.8 Å². The summed E-state index contributed by atoms with van der Waals surface area (Å²) in [6.07, 6.45) is -1.85. The molecule has 0 aliphatic carbocycles. The molecule has 0 fully saturated rings. The van der Waals surface area contributed by atoms with E-state index >= 15 is 0 Å². The van der Waals surface area contributed by atoms with Crippen LogP contribution in [0.5, 0.6) is 0 Å². The molecule has 1 aromatic carbocycles. The van der Waals surface area contributed by atoms with E-state index in [4.69, 9.17) is 15.1 Å². The molecule has 0 atom stereocenters. The van der Waals surface area contributed by atoms with Gasteiger partial charge in [-0.1, -0.05) is 12.1 Å². The lowest BCUT2D eigenvalue weighted by molar-refractivity contribution is -0.137. The van der Waals surface area contributed by atoms with Gasteiger partial charge in [0.1, 0.15) is 0 Å². The molecule has 2 aromatic heterocycles. The van der Waals surface area contributed by atoms with Crippen molar-refractivity contribution in [2.75, 3.05) is 5.32 Å². The van der Waals surface area contributed by atoms with Crippen molar-refractivity contribution in [1.29, 1.82) is 0 Å². The van der Waals surface area contributed by atoms with E-state index in [0.29, 0.717) is 11.3 Å². The normalized spacial score (nSPS) is 12.2. The van der Waals surface area contributed by atoms with E-state index in [1.807, 2.05) is 0 Å². The van der Waals surface area contributed by atoms with Crippen LogP contribution in [0.25, 0.3) is 11.3 Å². The molecular weight excluding hydrogens is 395 g/mol. The maximum absolute atomic E-state index is 12.6. The second-order valence-corrected chi connectivity index (χ2v) is 7.57. The fourth-order valence-corrected chi connectivity index (χ4v) is 2.69. The topological polar surface area (TPSA) is 85.1 Å². The first kappa shape index (κ1) is 18.2. The van der Waals surface area contributed by atoms with Gasteiger partial charge in [0.25, 0.3) is 15.1 Å². The van der Waals surface area contributed by atoms with Gasteiger partial charge >= 0.3 is 6.18 Å². The van der Waals surface area contributed by atoms with Gasteiger partial charge in [-0.3, -0.25) is 0 Å². The van der Waals surface area contributed by atoms with Crippen molar-refractivity contribution < 1.29 is 26.0 Å². The Balaban J connectivity index is 1.76. The van der Waals surface area contributed by atoms with E-state index in [0.717, 1.165) is 12.1 Å². The number of aromatic nitrogens is 2. The highest BCUT2D eigenvalue weighted by atomic mass is 35.7. The number of pyridine rings is 1. The second-order valence-electron chi connectivity index (χ2n) is 5.05. The van der Waals surface area contributed by atoms with Gasteiger partial charge in [-0.25, -0.2) is 18.4 Å². The Kier molecular flexibility index (Phi) is 4.63. The highest BCUT2D eigenvalue weighted by Gasteiger charge is 2.30. The van der Waals surface area contributed by atoms with Crippen molar-refractivity contribution in [3.8, 4) is 11.3 Å². The molecular formula is C15H9ClF3N3O3S. The summed E-state index contributed by atoms with van der Waals surface area (Å²) < 4.78 is 65.4. The van der Waals surface area contributed by atoms with Crippen molar-refractivity contribution in [1.82, 2.24) is 9.97 Å². The largest absolute Gasteiger partial charge is 0.423 e. The van der Waals surface area contributed by atoms with Gasteiger partial charge in [-0.15, -0.1) is 0 Å². The van der Waals surface area contributed by atoms with Gasteiger partial charge in [0, 0.05) is 16.2 Å². The van der Waals surface area contributed by atoms with E-state index in [9.17, 15) is 21.6 Å². The quantitative estimate of drug-likeness (QED) is 0.649. The zero-order valence-corrected chi connectivity index (χ0v) is 14.2. The van der Waals surface area contributed by atoms with Crippen LogP contribution in [-0.4, -0.2) is 18.4 Å². The lowest BCUT2D eigenvalue weighted by Gasteiger charge is -2.06. The van der Waals surface area contributed by atoms with E-state index in [1.165, 1.54) is 36.7 Å². The summed E-state index contributed by atoms with van der Waals surface area (Å²) in [5.74, 6) is 0.258. The van der Waals surface area contributed by atoms with Crippen molar-refractivity contribution in [2.24, 2.45) is 0 Å². The number of halogens is 4. The lowest BCUT2D eigenvalue weighted by atomic mass is 10.1. The van der Waals surface area contributed by atoms with Gasteiger partial charge in [0.05, 0.1) is 23.6 Å². The third-order valence-electron chi connectivity index (χ3n) is 3.24. The minimum absolute atomic E-state index is 0.0585. The molecule has 0 unspecified atom stereocenters. The summed E-state index contributed by atoms with van der Waals surface area (Å²) in [6, 6.07) is 7.10. The van der Waals surface area contributed by atoms with E-state index in [1.54, 1.807) is 0 Å². The number of nitrogens with one attached hydrogen (secondary N) is 1. The Morgan fingerprint density at radius 1 is 1.00 bits per heavy atom. The molecule has 0 bridgehead atoms. The average Bonchev–Trinajstić information content (AvgIpc) is 3.02. The summed E-state index contributed by atoms with van der Waals surface area (Å²) in [7, 11) is 1.25. The van der Waals surface area contributed by atoms with Crippen LogP contribution in [0.3, 0.4) is 0 Å². The fourth-order valence-electron chi connectivity index (χ4n) is 2.01. The zero-order valence-electron chi connectivity index (χ0n) is 12.7. The molecule has 11 heteroatoms. The Labute approximate surface area is 150 Å². The van der Waals surface area contributed by atoms with Crippen molar-refractivity contribution in [3.63, 3.8) is 0 Å². The highest BCUT2D eigenvalue weighted by molar-refractivity contribution is 8.13. The first-order valence-corrected chi connectivity index (χ1v) is 9.25. The molecule has 0 aliphatic rings. The molecule has 26 heavy (non-hydrogen) atoms. The number of alkyl halides is 3. The number of nitrogens with zero attached hydrogens (tertiary/aromatic N) is 2. The molecule has 0 spiro atoms. The standard InChI is InChI=1S/C15H9ClF3N3O3S/c16-26(23,24)13-6-5-11(7-20-13)22-14-21-8-12(25-14)9-1-3-10(4-2-9)15(17,18)19/h1-8H,(H,21,22). The van der Waals surface area contributed by atoms with Crippen LogP contribution in [0.1, 0.15) is 5.56 Å². The number of hydrogen-bond acceptors (Lipinski definition) is 6. The summed E-state index contributed by atoms with van der Waals surface area (Å²) in [5.41, 5.74) is 0.0367. The Morgan fingerprint density at radius 2 is 1.69 bits per heavy atom. The predicted molar refractivity (Wildman–Crippen MR) is 87.5 cm³/mol. The van der Waals surface area contributed by atoms with Gasteiger partial charge in [0.2, 0.25) is 0 Å². The van der Waals surface area contributed by atoms with Crippen molar-refractivity contribution in [2.45, 2.75) is 11.2 Å². The fraction of sp³-hybridized carbons (Fsp3) is 0.0667. The summed E-state index contributed by atoms with van der Waals surface area (Å²) in [5, 5.41) is 2.45. The molecule has 0 amide bonds. The second kappa shape index (κ2) is 6.61. The Bertz CT molecular complexity index is 1020. The molecule has 1 N–H and O–H groups in total. The van der Waals surface area contributed by atoms with Gasteiger partial charge in [-0.2, -0.15) is 13.2 Å². The van der Waals surface area contributed by atoms with Crippen LogP contribution >= 0.6 is 10.7 Å². The lowest BCUT2D eigenvalue weighted by Crippen LogP contribution is -2.03. The molecule has 0 radical (unpaired) electrons. The molecule has 136 valence electrons. The van der Waals surface area contributed by atoms with Crippen LogP contribution in [0.15, 0.2) is 58.2 Å². The number of oxazole rings is 1. The molecule has 0 aliphatic heterocycles. The minimum Gasteiger partial charge on any atom is -0.423 e. The first-order valence-electron chi connectivity index (χ1n) is 6.94. The van der Waals surface area contributed by atoms with Crippen LogP contribution in [-0.2, 0) is 15.2 Å². The average molecular weight is 404 g/mol. The van der Waals surface area contributed by atoms with Gasteiger partial charge in [-0.05, 0) is 24.3 Å². The first-order chi connectivity index (χ1) is 12.1. The maximum Gasteiger partial charge on any atom is 0.416 e. The smallest absolute Gasteiger partial charge is 0.416 e. The van der Waals surface area contributed by atoms with Crippen molar-refractivity contribution >= 4 is 31.4 Å². The van der Waals surface area contributed by atoms with Crippen LogP contribution in [0.4, 0.5) is 24.9 Å². The summed E-state index contributed by atoms with van der Waals surface area (Å²) in [4.78, 5) is 7.64. The number of benzene rings is 1. The molecule has 3 rings (SSSR count). The number of hydrogen-bond donors (Lipinski definition) is 1. The van der Waals surface area contributed by atoms with Crippen molar-refractivity contribution in [3.05, 3.63) is 54.4 Å². The molecule has 3 aromatic rings. The van der Waals surface area contributed by atoms with E-state index in [2.05, 4.69) is 15.3 Å². The summed E-state index contributed by atoms with van der Waals surface area (Å²) >= 11 is 0. The van der Waals surface area contributed by atoms with Crippen LogP contribution in [0.2, 0.25) is 0 Å². The van der Waals surface area contributed by atoms with Crippen LogP contribution < -0.4 is 5.32 Å². The van der Waals surface area contributed by atoms with Gasteiger partial charge < -0.3 is 9.73 Å². The van der Waals surface area contributed by atoms with E-state index in [-0.39, 0.29) is 16.8 Å². The SMILES string of the molecule is O=S(=O)(Cl)c1ccc(Nc2ncc(-c3ccc(C(F)(F)F)cc3)o2)cn1. The summed E-state index contributed by atoms with van der Waals surface area (Å²) in [6.45, 7) is 0. The van der Waals surface area contributed by atoms with Gasteiger partial charge in [0.15, 0.2) is 10.8 Å². The highest BCUT2D eigenvalue weighted by Crippen LogP contribution is 2.31. The molecule has 6 nitrogen and oxygen atoms in total. The van der Waals surface area contributed by atoms with Crippen LogP contribution in [0, 0.1) is 0 Å².